The zero-order valence-electron chi connectivity index (χ0n) is 8.31. The topological polar surface area (TPSA) is 20.2 Å². The van der Waals surface area contributed by atoms with Crippen LogP contribution in [0.3, 0.4) is 0 Å². The van der Waals surface area contributed by atoms with Gasteiger partial charge in [-0.15, -0.1) is 0 Å². The van der Waals surface area contributed by atoms with E-state index in [0.29, 0.717) is 18.9 Å². The van der Waals surface area contributed by atoms with Crippen LogP contribution < -0.4 is 0 Å². The quantitative estimate of drug-likeness (QED) is 0.780. The highest BCUT2D eigenvalue weighted by Crippen LogP contribution is 2.39. The Morgan fingerprint density at radius 1 is 1.25 bits per heavy atom. The molecule has 0 unspecified atom stereocenters. The van der Waals surface area contributed by atoms with Gasteiger partial charge in [-0.2, -0.15) is 13.2 Å². The summed E-state index contributed by atoms with van der Waals surface area (Å²) in [6, 6.07) is 2.27. The lowest BCUT2D eigenvalue weighted by Crippen LogP contribution is -2.14. The summed E-state index contributed by atoms with van der Waals surface area (Å²) in [6.07, 6.45) is -3.50. The van der Waals surface area contributed by atoms with E-state index in [2.05, 4.69) is 0 Å². The molecule has 0 amide bonds. The maximum absolute atomic E-state index is 13.2. The maximum atomic E-state index is 13.2. The number of hydrogen-bond donors (Lipinski definition) is 1. The van der Waals surface area contributed by atoms with Crippen molar-refractivity contribution in [3.63, 3.8) is 0 Å². The molecule has 1 aliphatic rings. The van der Waals surface area contributed by atoms with Gasteiger partial charge in [-0.25, -0.2) is 4.39 Å². The number of rotatable bonds is 2. The van der Waals surface area contributed by atoms with Gasteiger partial charge in [-0.05, 0) is 36.6 Å². The molecule has 1 fully saturated rings. The summed E-state index contributed by atoms with van der Waals surface area (Å²) in [7, 11) is 0. The molecule has 1 aliphatic carbocycles. The fraction of sp³-hybridized carbons (Fsp3) is 0.455. The average molecular weight is 234 g/mol. The average Bonchev–Trinajstić information content (AvgIpc) is 2.86. The second kappa shape index (κ2) is 3.45. The summed E-state index contributed by atoms with van der Waals surface area (Å²) < 4.78 is 50.3. The molecule has 2 rings (SSSR count). The first kappa shape index (κ1) is 11.4. The van der Waals surface area contributed by atoms with Gasteiger partial charge in [0.2, 0.25) is 0 Å². The number of alkyl halides is 3. The van der Waals surface area contributed by atoms with Gasteiger partial charge in [0.05, 0.1) is 11.2 Å². The van der Waals surface area contributed by atoms with Crippen LogP contribution in [0.5, 0.6) is 0 Å². The summed E-state index contributed by atoms with van der Waals surface area (Å²) in [5.74, 6) is -0.701. The van der Waals surface area contributed by atoms with Crippen LogP contribution in [-0.4, -0.2) is 10.7 Å². The molecule has 0 radical (unpaired) electrons. The maximum Gasteiger partial charge on any atom is 0.416 e. The Labute approximate surface area is 89.7 Å². The van der Waals surface area contributed by atoms with Gasteiger partial charge in [0.15, 0.2) is 0 Å². The third-order valence-corrected chi connectivity index (χ3v) is 2.72. The van der Waals surface area contributed by atoms with Crippen molar-refractivity contribution < 1.29 is 22.7 Å². The van der Waals surface area contributed by atoms with E-state index in [1.165, 1.54) is 0 Å². The first-order valence-electron chi connectivity index (χ1n) is 4.88. The lowest BCUT2D eigenvalue weighted by atomic mass is 10.0. The van der Waals surface area contributed by atoms with E-state index in [4.69, 9.17) is 0 Å². The standard InChI is InChI=1S/C11H10F4O/c12-9-2-1-8(11(13,14)15)5-7(9)6-10(16)3-4-10/h1-2,5,16H,3-4,6H2. The van der Waals surface area contributed by atoms with Gasteiger partial charge in [-0.3, -0.25) is 0 Å². The summed E-state index contributed by atoms with van der Waals surface area (Å²) in [4.78, 5) is 0. The molecule has 1 N–H and O–H groups in total. The Bertz CT molecular complexity index is 407. The lowest BCUT2D eigenvalue weighted by molar-refractivity contribution is -0.137. The molecule has 0 bridgehead atoms. The van der Waals surface area contributed by atoms with Crippen molar-refractivity contribution in [3.8, 4) is 0 Å². The first-order valence-corrected chi connectivity index (χ1v) is 4.88. The normalized spacial score (nSPS) is 18.6. The highest BCUT2D eigenvalue weighted by atomic mass is 19.4. The van der Waals surface area contributed by atoms with E-state index in [1.54, 1.807) is 0 Å². The highest BCUT2D eigenvalue weighted by molar-refractivity contribution is 5.29. The Balaban J connectivity index is 2.29. The Morgan fingerprint density at radius 3 is 2.38 bits per heavy atom. The van der Waals surface area contributed by atoms with Crippen LogP contribution in [0, 0.1) is 5.82 Å². The van der Waals surface area contributed by atoms with Crippen LogP contribution in [0.1, 0.15) is 24.0 Å². The number of hydrogen-bond acceptors (Lipinski definition) is 1. The van der Waals surface area contributed by atoms with E-state index < -0.39 is 23.2 Å². The molecule has 0 atom stereocenters. The fourth-order valence-corrected chi connectivity index (χ4v) is 1.56. The van der Waals surface area contributed by atoms with Crippen molar-refractivity contribution in [1.82, 2.24) is 0 Å². The molecule has 0 heterocycles. The Morgan fingerprint density at radius 2 is 1.88 bits per heavy atom. The third kappa shape index (κ3) is 2.35. The minimum absolute atomic E-state index is 0.0528. The van der Waals surface area contributed by atoms with Crippen LogP contribution in [0.4, 0.5) is 17.6 Å². The fourth-order valence-electron chi connectivity index (χ4n) is 1.56. The van der Waals surface area contributed by atoms with Crippen LogP contribution in [-0.2, 0) is 12.6 Å². The van der Waals surface area contributed by atoms with Gasteiger partial charge in [0.1, 0.15) is 5.82 Å². The van der Waals surface area contributed by atoms with Crippen LogP contribution >= 0.6 is 0 Å². The second-order valence-corrected chi connectivity index (χ2v) is 4.21. The van der Waals surface area contributed by atoms with Gasteiger partial charge < -0.3 is 5.11 Å². The molecule has 1 saturated carbocycles. The van der Waals surface area contributed by atoms with Gasteiger partial charge in [-0.1, -0.05) is 0 Å². The molecule has 5 heteroatoms. The minimum atomic E-state index is -4.48. The lowest BCUT2D eigenvalue weighted by Gasteiger charge is -2.12. The summed E-state index contributed by atoms with van der Waals surface area (Å²) in [6.45, 7) is 0. The molecule has 1 aromatic carbocycles. The van der Waals surface area contributed by atoms with Crippen molar-refractivity contribution in [1.29, 1.82) is 0 Å². The number of halogens is 4. The van der Waals surface area contributed by atoms with Crippen molar-refractivity contribution in [2.45, 2.75) is 31.0 Å². The molecule has 0 saturated heterocycles. The van der Waals surface area contributed by atoms with E-state index >= 15 is 0 Å². The minimum Gasteiger partial charge on any atom is -0.390 e. The first-order chi connectivity index (χ1) is 7.30. The van der Waals surface area contributed by atoms with E-state index in [0.717, 1.165) is 12.1 Å². The van der Waals surface area contributed by atoms with Crippen molar-refractivity contribution in [2.75, 3.05) is 0 Å². The number of aliphatic hydroxyl groups is 1. The molecule has 1 nitrogen and oxygen atoms in total. The smallest absolute Gasteiger partial charge is 0.390 e. The predicted octanol–water partition coefficient (Wildman–Crippen LogP) is 2.91. The number of benzene rings is 1. The van der Waals surface area contributed by atoms with Crippen LogP contribution in [0.25, 0.3) is 0 Å². The van der Waals surface area contributed by atoms with Gasteiger partial charge in [0, 0.05) is 6.42 Å². The van der Waals surface area contributed by atoms with Crippen molar-refractivity contribution >= 4 is 0 Å². The SMILES string of the molecule is OC1(Cc2cc(C(F)(F)F)ccc2F)CC1. The summed E-state index contributed by atoms with van der Waals surface area (Å²) >= 11 is 0. The van der Waals surface area contributed by atoms with E-state index in [-0.39, 0.29) is 12.0 Å². The molecule has 0 spiro atoms. The predicted molar refractivity (Wildman–Crippen MR) is 49.3 cm³/mol. The third-order valence-electron chi connectivity index (χ3n) is 2.72. The second-order valence-electron chi connectivity index (χ2n) is 4.21. The van der Waals surface area contributed by atoms with Crippen LogP contribution in [0.2, 0.25) is 0 Å². The Hall–Kier alpha value is -1.10. The molecule has 0 aliphatic heterocycles. The zero-order valence-corrected chi connectivity index (χ0v) is 8.31. The van der Waals surface area contributed by atoms with Gasteiger partial charge in [0.25, 0.3) is 0 Å². The van der Waals surface area contributed by atoms with E-state index in [1.807, 2.05) is 0 Å². The summed E-state index contributed by atoms with van der Waals surface area (Å²) in [5.41, 5.74) is -1.95. The Kier molecular flexibility index (Phi) is 2.45. The molecule has 1 aromatic rings. The van der Waals surface area contributed by atoms with Crippen molar-refractivity contribution in [3.05, 3.63) is 35.1 Å². The summed E-state index contributed by atoms with van der Waals surface area (Å²) in [5, 5.41) is 9.55. The van der Waals surface area contributed by atoms with Crippen LogP contribution in [0.15, 0.2) is 18.2 Å². The van der Waals surface area contributed by atoms with E-state index in [9.17, 15) is 22.7 Å². The largest absolute Gasteiger partial charge is 0.416 e. The molecule has 16 heavy (non-hydrogen) atoms. The van der Waals surface area contributed by atoms with Crippen molar-refractivity contribution in [2.24, 2.45) is 0 Å². The van der Waals surface area contributed by atoms with Gasteiger partial charge >= 0.3 is 6.18 Å². The monoisotopic (exact) mass is 234 g/mol. The zero-order chi connectivity index (χ0) is 12.0. The molecular weight excluding hydrogens is 224 g/mol. The molecular formula is C11H10F4O. The molecule has 0 aromatic heterocycles. The highest BCUT2D eigenvalue weighted by Gasteiger charge is 2.41. The molecule has 88 valence electrons.